The number of esters is 1. The number of nitrogens with one attached hydrogen (secondary N) is 1. The quantitative estimate of drug-likeness (QED) is 0.341. The van der Waals surface area contributed by atoms with Gasteiger partial charge in [-0.1, -0.05) is 35.0 Å². The number of hydrogen-bond donors (Lipinski definition) is 1. The highest BCUT2D eigenvalue weighted by atomic mass is 35.5. The molecule has 0 saturated heterocycles. The Labute approximate surface area is 203 Å². The number of fused-ring (bicyclic) bond motifs is 1. The van der Waals surface area contributed by atoms with Crippen LogP contribution in [-0.2, 0) is 28.9 Å². The molecule has 0 fully saturated rings. The van der Waals surface area contributed by atoms with Crippen molar-refractivity contribution in [2.24, 2.45) is 0 Å². The fourth-order valence-corrected chi connectivity index (χ4v) is 6.24. The number of thioether (sulfide) groups is 1. The number of rotatable bonds is 7. The number of hydrogen-bond acceptors (Lipinski definition) is 7. The molecule has 2 heterocycles. The third-order valence-corrected chi connectivity index (χ3v) is 7.82. The summed E-state index contributed by atoms with van der Waals surface area (Å²) in [7, 11) is 1.35. The third-order valence-electron chi connectivity index (χ3n) is 5.10. The number of carbonyl (C=O) groups excluding carboxylic acids is 2. The molecule has 0 bridgehead atoms. The SMILES string of the molecule is CCn1c(SCC(=O)Nc2sc3c(c2C(=O)OC)CCC3)nnc1-c1ccc(Cl)cc1Cl. The molecule has 1 aromatic carbocycles. The van der Waals surface area contributed by atoms with Gasteiger partial charge in [0.25, 0.3) is 0 Å². The number of thiophene rings is 1. The van der Waals surface area contributed by atoms with Gasteiger partial charge in [0.2, 0.25) is 5.91 Å². The van der Waals surface area contributed by atoms with Crippen molar-refractivity contribution in [2.75, 3.05) is 18.2 Å². The highest BCUT2D eigenvalue weighted by molar-refractivity contribution is 7.99. The molecule has 2 aromatic heterocycles. The first-order valence-corrected chi connectivity index (χ1v) is 12.5. The van der Waals surface area contributed by atoms with E-state index < -0.39 is 5.97 Å². The van der Waals surface area contributed by atoms with Crippen LogP contribution < -0.4 is 5.32 Å². The van der Waals surface area contributed by atoms with Gasteiger partial charge in [-0.2, -0.15) is 0 Å². The van der Waals surface area contributed by atoms with E-state index in [0.29, 0.717) is 38.1 Å². The molecule has 0 unspecified atom stereocenters. The number of nitrogens with zero attached hydrogens (tertiary/aromatic N) is 3. The van der Waals surface area contributed by atoms with Gasteiger partial charge in [-0.15, -0.1) is 21.5 Å². The standard InChI is InChI=1S/C21H20Cl2N4O3S2/c1-3-27-18(12-8-7-11(22)9-14(12)23)25-26-21(27)31-10-16(28)24-19-17(20(29)30-2)13-5-4-6-15(13)32-19/h7-9H,3-6,10H2,1-2H3,(H,24,28). The number of anilines is 1. The van der Waals surface area contributed by atoms with Gasteiger partial charge < -0.3 is 14.6 Å². The maximum atomic E-state index is 12.7. The molecule has 0 radical (unpaired) electrons. The average molecular weight is 511 g/mol. The van der Waals surface area contributed by atoms with Crippen LogP contribution in [-0.4, -0.2) is 39.5 Å². The highest BCUT2D eigenvalue weighted by Crippen LogP contribution is 2.39. The van der Waals surface area contributed by atoms with Gasteiger partial charge in [0.15, 0.2) is 11.0 Å². The first kappa shape index (κ1) is 23.1. The molecule has 32 heavy (non-hydrogen) atoms. The molecule has 3 aromatic rings. The number of methoxy groups -OCH3 is 1. The first-order chi connectivity index (χ1) is 15.4. The van der Waals surface area contributed by atoms with Crippen molar-refractivity contribution in [1.29, 1.82) is 0 Å². The lowest BCUT2D eigenvalue weighted by atomic mass is 10.1. The number of carbonyl (C=O) groups is 2. The van der Waals surface area contributed by atoms with Crippen molar-refractivity contribution in [2.45, 2.75) is 37.9 Å². The van der Waals surface area contributed by atoms with Crippen molar-refractivity contribution in [3.05, 3.63) is 44.2 Å². The van der Waals surface area contributed by atoms with Crippen LogP contribution in [0.3, 0.4) is 0 Å². The zero-order valence-corrected chi connectivity index (χ0v) is 20.6. The minimum atomic E-state index is -0.414. The molecule has 0 saturated carbocycles. The predicted molar refractivity (Wildman–Crippen MR) is 128 cm³/mol. The van der Waals surface area contributed by atoms with E-state index in [2.05, 4.69) is 15.5 Å². The summed E-state index contributed by atoms with van der Waals surface area (Å²) in [5.41, 5.74) is 2.21. The lowest BCUT2D eigenvalue weighted by molar-refractivity contribution is -0.113. The molecule has 0 spiro atoms. The second-order valence-corrected chi connectivity index (χ2v) is 9.96. The Morgan fingerprint density at radius 3 is 2.81 bits per heavy atom. The van der Waals surface area contributed by atoms with Crippen LogP contribution in [0.1, 0.15) is 34.1 Å². The summed E-state index contributed by atoms with van der Waals surface area (Å²) in [6.45, 7) is 2.58. The van der Waals surface area contributed by atoms with E-state index in [1.165, 1.54) is 30.2 Å². The van der Waals surface area contributed by atoms with E-state index in [1.54, 1.807) is 18.2 Å². The van der Waals surface area contributed by atoms with E-state index in [-0.39, 0.29) is 11.7 Å². The molecule has 1 amide bonds. The summed E-state index contributed by atoms with van der Waals surface area (Å²) in [4.78, 5) is 26.1. The van der Waals surface area contributed by atoms with Crippen molar-refractivity contribution in [1.82, 2.24) is 14.8 Å². The van der Waals surface area contributed by atoms with Gasteiger partial charge in [0.05, 0.1) is 23.4 Å². The van der Waals surface area contributed by atoms with E-state index in [4.69, 9.17) is 27.9 Å². The van der Waals surface area contributed by atoms with Gasteiger partial charge in [-0.25, -0.2) is 4.79 Å². The van der Waals surface area contributed by atoms with Gasteiger partial charge in [-0.05, 0) is 49.9 Å². The number of halogens is 2. The topological polar surface area (TPSA) is 86.1 Å². The number of ether oxygens (including phenoxy) is 1. The fourth-order valence-electron chi connectivity index (χ4n) is 3.65. The molecule has 7 nitrogen and oxygen atoms in total. The van der Waals surface area contributed by atoms with Crippen LogP contribution in [0.5, 0.6) is 0 Å². The van der Waals surface area contributed by atoms with Crippen LogP contribution in [0, 0.1) is 0 Å². The first-order valence-electron chi connectivity index (χ1n) is 9.97. The lowest BCUT2D eigenvalue weighted by Gasteiger charge is -2.09. The summed E-state index contributed by atoms with van der Waals surface area (Å²) in [5, 5.41) is 13.6. The minimum absolute atomic E-state index is 0.121. The van der Waals surface area contributed by atoms with Crippen LogP contribution in [0.4, 0.5) is 5.00 Å². The summed E-state index contributed by atoms with van der Waals surface area (Å²) in [5.74, 6) is 0.0921. The molecule has 168 valence electrons. The number of aryl methyl sites for hydroxylation is 1. The lowest BCUT2D eigenvalue weighted by Crippen LogP contribution is -2.16. The molecular formula is C21H20Cl2N4O3S2. The maximum Gasteiger partial charge on any atom is 0.341 e. The maximum absolute atomic E-state index is 12.7. The highest BCUT2D eigenvalue weighted by Gasteiger charge is 2.28. The molecule has 1 aliphatic carbocycles. The van der Waals surface area contributed by atoms with Gasteiger partial charge in [0, 0.05) is 22.0 Å². The Morgan fingerprint density at radius 2 is 2.09 bits per heavy atom. The molecule has 0 aliphatic heterocycles. The van der Waals surface area contributed by atoms with Crippen molar-refractivity contribution in [3.8, 4) is 11.4 Å². The molecule has 1 aliphatic rings. The second kappa shape index (κ2) is 9.82. The third kappa shape index (κ3) is 4.52. The Hall–Kier alpha value is -2.07. The van der Waals surface area contributed by atoms with Gasteiger partial charge >= 0.3 is 5.97 Å². The van der Waals surface area contributed by atoms with Crippen LogP contribution >= 0.6 is 46.3 Å². The Morgan fingerprint density at radius 1 is 1.28 bits per heavy atom. The summed E-state index contributed by atoms with van der Waals surface area (Å²) in [6, 6.07) is 5.20. The summed E-state index contributed by atoms with van der Waals surface area (Å²) < 4.78 is 6.83. The average Bonchev–Trinajstić information content (AvgIpc) is 3.46. The molecular weight excluding hydrogens is 491 g/mol. The Bertz CT molecular complexity index is 1190. The molecule has 1 N–H and O–H groups in total. The molecule has 11 heteroatoms. The smallest absolute Gasteiger partial charge is 0.341 e. The summed E-state index contributed by atoms with van der Waals surface area (Å²) >= 11 is 15.0. The Kier molecular flexibility index (Phi) is 7.09. The monoisotopic (exact) mass is 510 g/mol. The molecule has 4 rings (SSSR count). The number of benzene rings is 1. The van der Waals surface area contributed by atoms with E-state index in [1.807, 2.05) is 11.5 Å². The largest absolute Gasteiger partial charge is 0.465 e. The van der Waals surface area contributed by atoms with E-state index in [9.17, 15) is 9.59 Å². The van der Waals surface area contributed by atoms with Crippen molar-refractivity contribution in [3.63, 3.8) is 0 Å². The zero-order valence-electron chi connectivity index (χ0n) is 17.4. The zero-order chi connectivity index (χ0) is 22.8. The van der Waals surface area contributed by atoms with Crippen molar-refractivity contribution < 1.29 is 14.3 Å². The number of amides is 1. The molecule has 0 atom stereocenters. The minimum Gasteiger partial charge on any atom is -0.465 e. The van der Waals surface area contributed by atoms with Crippen molar-refractivity contribution >= 4 is 63.2 Å². The normalized spacial score (nSPS) is 12.6. The van der Waals surface area contributed by atoms with Crippen LogP contribution in [0.25, 0.3) is 11.4 Å². The second-order valence-electron chi connectivity index (χ2n) is 7.06. The number of aromatic nitrogens is 3. The van der Waals surface area contributed by atoms with Crippen LogP contribution in [0.2, 0.25) is 10.0 Å². The fraction of sp³-hybridized carbons (Fsp3) is 0.333. The van der Waals surface area contributed by atoms with Gasteiger partial charge in [-0.3, -0.25) is 4.79 Å². The van der Waals surface area contributed by atoms with E-state index >= 15 is 0 Å². The van der Waals surface area contributed by atoms with E-state index in [0.717, 1.165) is 35.3 Å². The Balaban J connectivity index is 1.49. The van der Waals surface area contributed by atoms with Crippen LogP contribution in [0.15, 0.2) is 23.4 Å². The predicted octanol–water partition coefficient (Wildman–Crippen LogP) is 5.34. The van der Waals surface area contributed by atoms with Gasteiger partial charge in [0.1, 0.15) is 5.00 Å². The summed E-state index contributed by atoms with van der Waals surface area (Å²) in [6.07, 6.45) is 2.77.